The van der Waals surface area contributed by atoms with Gasteiger partial charge in [-0.25, -0.2) is 9.78 Å². The van der Waals surface area contributed by atoms with Crippen LogP contribution in [0.5, 0.6) is 0 Å². The van der Waals surface area contributed by atoms with E-state index in [1.165, 1.54) is 0 Å². The number of nitrogens with one attached hydrogen (secondary N) is 1. The van der Waals surface area contributed by atoms with Gasteiger partial charge in [-0.15, -0.1) is 0 Å². The van der Waals surface area contributed by atoms with E-state index in [1.54, 1.807) is 0 Å². The van der Waals surface area contributed by atoms with Crippen molar-refractivity contribution in [3.05, 3.63) is 23.0 Å². The number of hydrogen-bond donors (Lipinski definition) is 1. The number of ether oxygens (including phenoxy) is 1. The molecule has 1 N–H and O–H groups in total. The first-order valence-corrected chi connectivity index (χ1v) is 10.8. The van der Waals surface area contributed by atoms with Crippen molar-refractivity contribution in [2.45, 2.75) is 65.0 Å². The number of hydrogen-bond acceptors (Lipinski definition) is 5. The Morgan fingerprint density at radius 1 is 1.28 bits per heavy atom. The van der Waals surface area contributed by atoms with Gasteiger partial charge < -0.3 is 15.0 Å². The fourth-order valence-corrected chi connectivity index (χ4v) is 4.75. The van der Waals surface area contributed by atoms with Gasteiger partial charge in [0.1, 0.15) is 16.6 Å². The Bertz CT molecular complexity index is 906. The molecule has 29 heavy (non-hydrogen) atoms. The van der Waals surface area contributed by atoms with Gasteiger partial charge in [-0.05, 0) is 51.4 Å². The first-order chi connectivity index (χ1) is 13.6. The van der Waals surface area contributed by atoms with Gasteiger partial charge in [-0.2, -0.15) is 9.61 Å². The van der Waals surface area contributed by atoms with E-state index in [2.05, 4.69) is 29.2 Å². The maximum Gasteiger partial charge on any atom is 0.410 e. The fourth-order valence-electron chi connectivity index (χ4n) is 4.56. The Hall–Kier alpha value is -2.02. The summed E-state index contributed by atoms with van der Waals surface area (Å²) in [6.07, 6.45) is 3.85. The number of fused-ring (bicyclic) bond motifs is 3. The molecule has 1 amide bonds. The summed E-state index contributed by atoms with van der Waals surface area (Å²) in [5.74, 6) is 1.94. The number of nitrogens with zero attached hydrogens (tertiary/aromatic N) is 4. The van der Waals surface area contributed by atoms with E-state index in [0.717, 1.165) is 29.9 Å². The molecule has 2 fully saturated rings. The second kappa shape index (κ2) is 7.35. The molecule has 2 aromatic rings. The maximum atomic E-state index is 12.5. The van der Waals surface area contributed by atoms with Crippen molar-refractivity contribution in [1.29, 1.82) is 0 Å². The highest BCUT2D eigenvalue weighted by Crippen LogP contribution is 2.39. The molecule has 2 unspecified atom stereocenters. The minimum absolute atomic E-state index is 0.212. The fraction of sp³-hybridized carbons (Fsp3) is 0.667. The van der Waals surface area contributed by atoms with Crippen LogP contribution in [-0.4, -0.2) is 50.3 Å². The van der Waals surface area contributed by atoms with Gasteiger partial charge in [0.2, 0.25) is 0 Å². The number of likely N-dealkylation sites (tertiary alicyclic amines) is 1. The highest BCUT2D eigenvalue weighted by atomic mass is 35.5. The number of aromatic nitrogens is 3. The zero-order valence-electron chi connectivity index (χ0n) is 17.8. The molecule has 158 valence electrons. The molecule has 1 aliphatic heterocycles. The quantitative estimate of drug-likeness (QED) is 0.738. The largest absolute Gasteiger partial charge is 0.444 e. The maximum absolute atomic E-state index is 12.5. The standard InChI is InChI=1S/C21H30ClN5O2/c1-12(2)15-9-23-27-17(8-16(22)24-19(15)27)25-18-13-6-7-14(18)11-26(10-13)20(28)29-21(3,4)5/h8-9,12-14,18,25H,6-7,10-11H2,1-5H3. The van der Waals surface area contributed by atoms with Crippen molar-refractivity contribution < 1.29 is 9.53 Å². The Kier molecular flexibility index (Phi) is 5.13. The molecule has 0 spiro atoms. The normalized spacial score (nSPS) is 24.4. The molecule has 8 heteroatoms. The number of anilines is 1. The number of rotatable bonds is 3. The van der Waals surface area contributed by atoms with E-state index in [0.29, 0.717) is 36.0 Å². The van der Waals surface area contributed by atoms with Gasteiger partial charge in [0.05, 0.1) is 6.20 Å². The summed E-state index contributed by atoms with van der Waals surface area (Å²) >= 11 is 6.33. The average Bonchev–Trinajstić information content (AvgIpc) is 3.11. The smallest absolute Gasteiger partial charge is 0.410 e. The summed E-state index contributed by atoms with van der Waals surface area (Å²) in [6, 6.07) is 2.12. The van der Waals surface area contributed by atoms with Gasteiger partial charge in [0, 0.05) is 30.8 Å². The lowest BCUT2D eigenvalue weighted by molar-refractivity contribution is 0.0141. The van der Waals surface area contributed by atoms with E-state index in [9.17, 15) is 4.79 Å². The summed E-state index contributed by atoms with van der Waals surface area (Å²) in [5.41, 5.74) is 1.41. The minimum Gasteiger partial charge on any atom is -0.444 e. The van der Waals surface area contributed by atoms with Gasteiger partial charge in [-0.1, -0.05) is 25.4 Å². The van der Waals surface area contributed by atoms with Gasteiger partial charge in [0.25, 0.3) is 0 Å². The third kappa shape index (κ3) is 4.02. The highest BCUT2D eigenvalue weighted by Gasteiger charge is 2.44. The van der Waals surface area contributed by atoms with E-state index in [1.807, 2.05) is 42.4 Å². The lowest BCUT2D eigenvalue weighted by Gasteiger charge is -2.39. The summed E-state index contributed by atoms with van der Waals surface area (Å²) in [4.78, 5) is 18.9. The predicted molar refractivity (Wildman–Crippen MR) is 114 cm³/mol. The van der Waals surface area contributed by atoms with Crippen LogP contribution in [0.4, 0.5) is 10.6 Å². The van der Waals surface area contributed by atoms with E-state index >= 15 is 0 Å². The van der Waals surface area contributed by atoms with Gasteiger partial charge in [0.15, 0.2) is 5.65 Å². The molecular weight excluding hydrogens is 390 g/mol. The zero-order chi connectivity index (χ0) is 20.9. The topological polar surface area (TPSA) is 71.8 Å². The molecule has 7 nitrogen and oxygen atoms in total. The van der Waals surface area contributed by atoms with E-state index in [4.69, 9.17) is 16.3 Å². The van der Waals surface area contributed by atoms with Crippen LogP contribution in [0, 0.1) is 11.8 Å². The first-order valence-electron chi connectivity index (χ1n) is 10.4. The van der Waals surface area contributed by atoms with E-state index in [-0.39, 0.29) is 12.1 Å². The van der Waals surface area contributed by atoms with Crippen molar-refractivity contribution in [3.63, 3.8) is 0 Å². The Morgan fingerprint density at radius 2 is 1.93 bits per heavy atom. The summed E-state index contributed by atoms with van der Waals surface area (Å²) in [5, 5.41) is 8.69. The molecule has 2 aliphatic rings. The number of halogens is 1. The van der Waals surface area contributed by atoms with E-state index < -0.39 is 5.60 Å². The second-order valence-electron chi connectivity index (χ2n) is 9.61. The molecule has 1 aliphatic carbocycles. The summed E-state index contributed by atoms with van der Waals surface area (Å²) < 4.78 is 7.43. The zero-order valence-corrected chi connectivity index (χ0v) is 18.5. The minimum atomic E-state index is -0.473. The predicted octanol–water partition coefficient (Wildman–Crippen LogP) is 4.56. The molecule has 2 bridgehead atoms. The van der Waals surface area contributed by atoms with Crippen molar-refractivity contribution >= 4 is 29.2 Å². The summed E-state index contributed by atoms with van der Waals surface area (Å²) in [7, 11) is 0. The van der Waals surface area contributed by atoms with Crippen LogP contribution in [0.2, 0.25) is 5.15 Å². The van der Waals surface area contributed by atoms with Crippen LogP contribution < -0.4 is 5.32 Å². The Balaban J connectivity index is 1.54. The lowest BCUT2D eigenvalue weighted by Crippen LogP contribution is -2.51. The van der Waals surface area contributed by atoms with Crippen LogP contribution in [0.15, 0.2) is 12.3 Å². The van der Waals surface area contributed by atoms with Crippen molar-refractivity contribution in [1.82, 2.24) is 19.5 Å². The average molecular weight is 420 g/mol. The van der Waals surface area contributed by atoms with Crippen LogP contribution in [0.3, 0.4) is 0 Å². The molecule has 2 atom stereocenters. The van der Waals surface area contributed by atoms with Crippen LogP contribution in [0.25, 0.3) is 5.65 Å². The monoisotopic (exact) mass is 419 g/mol. The Labute approximate surface area is 176 Å². The van der Waals surface area contributed by atoms with Crippen LogP contribution in [-0.2, 0) is 4.74 Å². The number of amides is 1. The van der Waals surface area contributed by atoms with Gasteiger partial charge >= 0.3 is 6.09 Å². The van der Waals surface area contributed by atoms with Crippen molar-refractivity contribution in [2.75, 3.05) is 18.4 Å². The van der Waals surface area contributed by atoms with Crippen molar-refractivity contribution in [2.24, 2.45) is 11.8 Å². The van der Waals surface area contributed by atoms with Crippen molar-refractivity contribution in [3.8, 4) is 0 Å². The molecule has 3 heterocycles. The summed E-state index contributed by atoms with van der Waals surface area (Å²) in [6.45, 7) is 11.4. The lowest BCUT2D eigenvalue weighted by atomic mass is 9.92. The molecule has 2 aromatic heterocycles. The number of carbonyl (C=O) groups is 1. The molecule has 0 aromatic carbocycles. The highest BCUT2D eigenvalue weighted by molar-refractivity contribution is 6.29. The Morgan fingerprint density at radius 3 is 2.52 bits per heavy atom. The first kappa shape index (κ1) is 20.3. The third-order valence-corrected chi connectivity index (χ3v) is 6.08. The second-order valence-corrected chi connectivity index (χ2v) is 9.99. The number of carbonyl (C=O) groups excluding carboxylic acids is 1. The molecule has 0 radical (unpaired) electrons. The SMILES string of the molecule is CC(C)c1cnn2c(NC3C4CCC3CN(C(=O)OC(C)(C)C)C4)cc(Cl)nc12. The van der Waals surface area contributed by atoms with Gasteiger partial charge in [-0.3, -0.25) is 0 Å². The molecule has 1 saturated heterocycles. The van der Waals surface area contributed by atoms with Crippen LogP contribution in [0.1, 0.15) is 58.9 Å². The molecular formula is C21H30ClN5O2. The third-order valence-electron chi connectivity index (χ3n) is 5.89. The molecule has 4 rings (SSSR count). The van der Waals surface area contributed by atoms with Crippen LogP contribution >= 0.6 is 11.6 Å². The number of piperidine rings is 1. The molecule has 1 saturated carbocycles.